The summed E-state index contributed by atoms with van der Waals surface area (Å²) < 4.78 is 0. The van der Waals surface area contributed by atoms with Gasteiger partial charge in [-0.1, -0.05) is 6.92 Å². The number of carbonyl (C=O) groups excluding carboxylic acids is 1. The van der Waals surface area contributed by atoms with E-state index in [0.29, 0.717) is 0 Å². The van der Waals surface area contributed by atoms with Crippen molar-refractivity contribution in [1.82, 2.24) is 10.6 Å². The summed E-state index contributed by atoms with van der Waals surface area (Å²) in [5.74, 6) is -1.64. The SMILES string of the molecule is CC(CNC(=O)CNC(C)(C)C)C(=O)O. The molecule has 0 spiro atoms. The molecule has 0 saturated carbocycles. The number of amides is 1. The van der Waals surface area contributed by atoms with E-state index in [4.69, 9.17) is 5.11 Å². The van der Waals surface area contributed by atoms with Crippen molar-refractivity contribution in [2.75, 3.05) is 13.1 Å². The van der Waals surface area contributed by atoms with E-state index in [1.54, 1.807) is 6.92 Å². The van der Waals surface area contributed by atoms with Gasteiger partial charge >= 0.3 is 5.97 Å². The number of hydrogen-bond acceptors (Lipinski definition) is 3. The van der Waals surface area contributed by atoms with E-state index in [-0.39, 0.29) is 24.5 Å². The van der Waals surface area contributed by atoms with Gasteiger partial charge in [-0.25, -0.2) is 0 Å². The third kappa shape index (κ3) is 7.93. The standard InChI is InChI=1S/C10H20N2O3/c1-7(9(14)15)5-11-8(13)6-12-10(2,3)4/h7,12H,5-6H2,1-4H3,(H,11,13)(H,14,15). The molecule has 1 amide bonds. The van der Waals surface area contributed by atoms with Crippen LogP contribution in [0.1, 0.15) is 27.7 Å². The summed E-state index contributed by atoms with van der Waals surface area (Å²) >= 11 is 0. The number of aliphatic carboxylic acids is 1. The molecule has 0 aromatic rings. The van der Waals surface area contributed by atoms with E-state index in [1.807, 2.05) is 20.8 Å². The number of rotatable bonds is 5. The Morgan fingerprint density at radius 2 is 1.87 bits per heavy atom. The Balaban J connectivity index is 3.72. The van der Waals surface area contributed by atoms with Gasteiger partial charge in [-0.3, -0.25) is 9.59 Å². The molecule has 3 N–H and O–H groups in total. The molecule has 5 heteroatoms. The van der Waals surface area contributed by atoms with Crippen molar-refractivity contribution < 1.29 is 14.7 Å². The molecule has 0 aromatic carbocycles. The molecule has 0 fully saturated rings. The molecule has 0 rings (SSSR count). The van der Waals surface area contributed by atoms with Crippen molar-refractivity contribution in [3.8, 4) is 0 Å². The maximum absolute atomic E-state index is 11.3. The molecule has 15 heavy (non-hydrogen) atoms. The first-order valence-corrected chi connectivity index (χ1v) is 4.97. The Morgan fingerprint density at radius 1 is 1.33 bits per heavy atom. The fourth-order valence-electron chi connectivity index (χ4n) is 0.762. The quantitative estimate of drug-likeness (QED) is 0.614. The number of carbonyl (C=O) groups is 2. The van der Waals surface area contributed by atoms with Gasteiger partial charge in [0.05, 0.1) is 12.5 Å². The summed E-state index contributed by atoms with van der Waals surface area (Å²) in [7, 11) is 0. The fourth-order valence-corrected chi connectivity index (χ4v) is 0.762. The average Bonchev–Trinajstić information content (AvgIpc) is 2.09. The van der Waals surface area contributed by atoms with Gasteiger partial charge in [0.2, 0.25) is 5.91 Å². The van der Waals surface area contributed by atoms with Crippen LogP contribution in [0.3, 0.4) is 0 Å². The van der Waals surface area contributed by atoms with Gasteiger partial charge in [0.1, 0.15) is 0 Å². The van der Waals surface area contributed by atoms with E-state index in [0.717, 1.165) is 0 Å². The van der Waals surface area contributed by atoms with E-state index in [9.17, 15) is 9.59 Å². The second kappa shape index (κ2) is 5.70. The summed E-state index contributed by atoms with van der Waals surface area (Å²) in [5, 5.41) is 14.2. The molecule has 1 atom stereocenters. The summed E-state index contributed by atoms with van der Waals surface area (Å²) in [5.41, 5.74) is -0.115. The van der Waals surface area contributed by atoms with Crippen LogP contribution in [-0.4, -0.2) is 35.6 Å². The summed E-state index contributed by atoms with van der Waals surface area (Å²) in [6.45, 7) is 7.80. The minimum absolute atomic E-state index is 0.115. The van der Waals surface area contributed by atoms with E-state index in [2.05, 4.69) is 10.6 Å². The maximum atomic E-state index is 11.3. The lowest BCUT2D eigenvalue weighted by Gasteiger charge is -2.20. The van der Waals surface area contributed by atoms with Crippen molar-refractivity contribution in [3.63, 3.8) is 0 Å². The first-order chi connectivity index (χ1) is 6.72. The lowest BCUT2D eigenvalue weighted by Crippen LogP contribution is -2.44. The first-order valence-electron chi connectivity index (χ1n) is 4.97. The zero-order valence-electron chi connectivity index (χ0n) is 9.76. The molecule has 1 unspecified atom stereocenters. The number of carboxylic acid groups (broad SMARTS) is 1. The van der Waals surface area contributed by atoms with Crippen LogP contribution in [0.5, 0.6) is 0 Å². The van der Waals surface area contributed by atoms with Crippen molar-refractivity contribution in [2.45, 2.75) is 33.2 Å². The van der Waals surface area contributed by atoms with Gasteiger partial charge in [-0.2, -0.15) is 0 Å². The molecule has 0 aliphatic carbocycles. The van der Waals surface area contributed by atoms with Crippen molar-refractivity contribution in [2.24, 2.45) is 5.92 Å². The normalized spacial score (nSPS) is 13.3. The molecule has 0 saturated heterocycles. The van der Waals surface area contributed by atoms with Gasteiger partial charge in [0, 0.05) is 12.1 Å². The van der Waals surface area contributed by atoms with E-state index in [1.165, 1.54) is 0 Å². The molecular weight excluding hydrogens is 196 g/mol. The highest BCUT2D eigenvalue weighted by Gasteiger charge is 2.14. The topological polar surface area (TPSA) is 78.4 Å². The molecular formula is C10H20N2O3. The second-order valence-electron chi connectivity index (χ2n) is 4.65. The molecule has 0 bridgehead atoms. The van der Waals surface area contributed by atoms with E-state index >= 15 is 0 Å². The average molecular weight is 216 g/mol. The lowest BCUT2D eigenvalue weighted by molar-refractivity contribution is -0.141. The van der Waals surface area contributed by atoms with Crippen LogP contribution in [0.15, 0.2) is 0 Å². The van der Waals surface area contributed by atoms with Crippen LogP contribution in [0, 0.1) is 5.92 Å². The Labute approximate surface area is 90.2 Å². The number of carboxylic acids is 1. The molecule has 0 aliphatic heterocycles. The third-order valence-electron chi connectivity index (χ3n) is 1.81. The van der Waals surface area contributed by atoms with Gasteiger partial charge in [0.25, 0.3) is 0 Å². The maximum Gasteiger partial charge on any atom is 0.308 e. The van der Waals surface area contributed by atoms with Crippen LogP contribution in [0.2, 0.25) is 0 Å². The predicted molar refractivity (Wildman–Crippen MR) is 57.6 cm³/mol. The van der Waals surface area contributed by atoms with Crippen LogP contribution in [-0.2, 0) is 9.59 Å². The number of hydrogen-bond donors (Lipinski definition) is 3. The minimum Gasteiger partial charge on any atom is -0.481 e. The molecule has 0 aromatic heterocycles. The molecule has 88 valence electrons. The van der Waals surface area contributed by atoms with Gasteiger partial charge in [-0.15, -0.1) is 0 Å². The number of nitrogens with one attached hydrogen (secondary N) is 2. The predicted octanol–water partition coefficient (Wildman–Crippen LogP) is 0.211. The fraction of sp³-hybridized carbons (Fsp3) is 0.800. The first kappa shape index (κ1) is 13.9. The van der Waals surface area contributed by atoms with Crippen LogP contribution < -0.4 is 10.6 Å². The third-order valence-corrected chi connectivity index (χ3v) is 1.81. The largest absolute Gasteiger partial charge is 0.481 e. The van der Waals surface area contributed by atoms with Crippen LogP contribution in [0.4, 0.5) is 0 Å². The van der Waals surface area contributed by atoms with Crippen molar-refractivity contribution in [3.05, 3.63) is 0 Å². The van der Waals surface area contributed by atoms with Crippen molar-refractivity contribution in [1.29, 1.82) is 0 Å². The minimum atomic E-state index is -0.904. The van der Waals surface area contributed by atoms with Crippen molar-refractivity contribution >= 4 is 11.9 Å². The Morgan fingerprint density at radius 3 is 2.27 bits per heavy atom. The van der Waals surface area contributed by atoms with Gasteiger partial charge < -0.3 is 15.7 Å². The molecule has 0 heterocycles. The van der Waals surface area contributed by atoms with Crippen LogP contribution in [0.25, 0.3) is 0 Å². The Bertz CT molecular complexity index is 233. The lowest BCUT2D eigenvalue weighted by atomic mass is 10.1. The highest BCUT2D eigenvalue weighted by Crippen LogP contribution is 1.97. The summed E-state index contributed by atoms with van der Waals surface area (Å²) in [6.07, 6.45) is 0. The summed E-state index contributed by atoms with van der Waals surface area (Å²) in [4.78, 5) is 21.7. The second-order valence-corrected chi connectivity index (χ2v) is 4.65. The molecule has 5 nitrogen and oxygen atoms in total. The monoisotopic (exact) mass is 216 g/mol. The Kier molecular flexibility index (Phi) is 5.28. The highest BCUT2D eigenvalue weighted by molar-refractivity contribution is 5.79. The zero-order valence-corrected chi connectivity index (χ0v) is 9.76. The molecule has 0 radical (unpaired) electrons. The molecule has 0 aliphatic rings. The highest BCUT2D eigenvalue weighted by atomic mass is 16.4. The Hall–Kier alpha value is -1.10. The zero-order chi connectivity index (χ0) is 12.1. The van der Waals surface area contributed by atoms with E-state index < -0.39 is 11.9 Å². The smallest absolute Gasteiger partial charge is 0.308 e. The van der Waals surface area contributed by atoms with Gasteiger partial charge in [0.15, 0.2) is 0 Å². The van der Waals surface area contributed by atoms with Crippen LogP contribution >= 0.6 is 0 Å². The van der Waals surface area contributed by atoms with Gasteiger partial charge in [-0.05, 0) is 20.8 Å². The summed E-state index contributed by atoms with van der Waals surface area (Å²) in [6, 6.07) is 0.